The molecule has 0 spiro atoms. The lowest BCUT2D eigenvalue weighted by atomic mass is 9.98. The number of hydrogen-bond acceptors (Lipinski definition) is 4. The summed E-state index contributed by atoms with van der Waals surface area (Å²) in [5.41, 5.74) is 0.336. The van der Waals surface area contributed by atoms with Gasteiger partial charge in [-0.05, 0) is 39.5 Å². The molecule has 3 atom stereocenters. The highest BCUT2D eigenvalue weighted by Gasteiger charge is 2.45. The first-order chi connectivity index (χ1) is 8.26. The zero-order chi connectivity index (χ0) is 13.5. The third-order valence-electron chi connectivity index (χ3n) is 3.31. The van der Waals surface area contributed by atoms with Gasteiger partial charge >= 0.3 is 5.97 Å². The Hall–Kier alpha value is -0.770. The van der Waals surface area contributed by atoms with E-state index in [1.54, 1.807) is 6.92 Å². The van der Waals surface area contributed by atoms with Gasteiger partial charge in [-0.25, -0.2) is 4.79 Å². The van der Waals surface area contributed by atoms with Crippen molar-refractivity contribution in [3.05, 3.63) is 11.6 Å². The molecule has 1 fully saturated rings. The minimum atomic E-state index is -0.455. The predicted octanol–water partition coefficient (Wildman–Crippen LogP) is 2.94. The second-order valence-electron chi connectivity index (χ2n) is 6.11. The minimum absolute atomic E-state index is 0.135. The number of thioether (sulfide) groups is 1. The van der Waals surface area contributed by atoms with E-state index < -0.39 is 5.60 Å². The van der Waals surface area contributed by atoms with Crippen molar-refractivity contribution in [3.63, 3.8) is 0 Å². The van der Waals surface area contributed by atoms with Gasteiger partial charge in [-0.1, -0.05) is 17.8 Å². The van der Waals surface area contributed by atoms with E-state index in [9.17, 15) is 9.59 Å². The minimum Gasteiger partial charge on any atom is -0.457 e. The molecule has 0 amide bonds. The normalized spacial score (nSPS) is 30.2. The smallest absolute Gasteiger partial charge is 0.334 e. The van der Waals surface area contributed by atoms with Crippen LogP contribution in [0.2, 0.25) is 0 Å². The molecule has 4 heteroatoms. The number of fused-ring (bicyclic) bond motifs is 2. The Morgan fingerprint density at radius 3 is 2.50 bits per heavy atom. The van der Waals surface area contributed by atoms with Crippen molar-refractivity contribution < 1.29 is 14.3 Å². The van der Waals surface area contributed by atoms with Crippen LogP contribution in [0.15, 0.2) is 11.6 Å². The fourth-order valence-corrected chi connectivity index (χ4v) is 3.97. The molecular formula is C14H20O3S. The summed E-state index contributed by atoms with van der Waals surface area (Å²) in [5, 5.41) is 0.399. The number of carbonyl (C=O) groups is 2. The van der Waals surface area contributed by atoms with Gasteiger partial charge in [0.15, 0.2) is 5.12 Å². The summed E-state index contributed by atoms with van der Waals surface area (Å²) in [6.07, 6.45) is 4.07. The first kappa shape index (κ1) is 13.7. The van der Waals surface area contributed by atoms with Gasteiger partial charge in [0.05, 0.1) is 0 Å². The maximum Gasteiger partial charge on any atom is 0.334 e. The Bertz CT molecular complexity index is 406. The third-order valence-corrected chi connectivity index (χ3v) is 4.46. The molecule has 18 heavy (non-hydrogen) atoms. The van der Waals surface area contributed by atoms with E-state index in [1.165, 1.54) is 11.8 Å². The summed E-state index contributed by atoms with van der Waals surface area (Å²) < 4.78 is 5.43. The SMILES string of the molecule is CC(=O)SC1CC2C=C(C(=O)OC(C)(C)C)C1C2. The molecule has 0 heterocycles. The zero-order valence-electron chi connectivity index (χ0n) is 11.4. The van der Waals surface area contributed by atoms with Crippen molar-refractivity contribution in [2.45, 2.75) is 51.4 Å². The molecule has 0 aromatic heterocycles. The number of esters is 1. The summed E-state index contributed by atoms with van der Waals surface area (Å²) in [6, 6.07) is 0. The summed E-state index contributed by atoms with van der Waals surface area (Å²) in [6.45, 7) is 7.22. The van der Waals surface area contributed by atoms with E-state index in [0.29, 0.717) is 5.92 Å². The Balaban J connectivity index is 2.05. The molecule has 0 radical (unpaired) electrons. The molecule has 2 aliphatic carbocycles. The first-order valence-corrected chi connectivity index (χ1v) is 7.26. The van der Waals surface area contributed by atoms with Crippen LogP contribution in [0.5, 0.6) is 0 Å². The van der Waals surface area contributed by atoms with Gasteiger partial charge < -0.3 is 4.74 Å². The molecule has 3 nitrogen and oxygen atoms in total. The number of ether oxygens (including phenoxy) is 1. The second kappa shape index (κ2) is 4.72. The van der Waals surface area contributed by atoms with Crippen molar-refractivity contribution in [1.29, 1.82) is 0 Å². The summed E-state index contributed by atoms with van der Waals surface area (Å²) >= 11 is 1.38. The Morgan fingerprint density at radius 1 is 1.33 bits per heavy atom. The van der Waals surface area contributed by atoms with E-state index in [1.807, 2.05) is 20.8 Å². The Morgan fingerprint density at radius 2 is 2.00 bits per heavy atom. The van der Waals surface area contributed by atoms with Crippen LogP contribution in [-0.4, -0.2) is 21.9 Å². The molecule has 100 valence electrons. The molecule has 2 bridgehead atoms. The van der Waals surface area contributed by atoms with Crippen LogP contribution in [0.3, 0.4) is 0 Å². The van der Waals surface area contributed by atoms with Gasteiger partial charge in [0.25, 0.3) is 0 Å². The molecule has 0 N–H and O–H groups in total. The van der Waals surface area contributed by atoms with Crippen molar-refractivity contribution in [2.24, 2.45) is 11.8 Å². The van der Waals surface area contributed by atoms with Crippen LogP contribution in [0.1, 0.15) is 40.5 Å². The largest absolute Gasteiger partial charge is 0.457 e. The molecular weight excluding hydrogens is 248 g/mol. The van der Waals surface area contributed by atoms with Crippen LogP contribution >= 0.6 is 11.8 Å². The van der Waals surface area contributed by atoms with Crippen LogP contribution in [-0.2, 0) is 14.3 Å². The monoisotopic (exact) mass is 268 g/mol. The lowest BCUT2D eigenvalue weighted by Gasteiger charge is -2.25. The molecule has 2 rings (SSSR count). The standard InChI is InChI=1S/C14H20O3S/c1-8(15)18-12-7-9-5-10(12)11(6-9)13(16)17-14(2,3)4/h6,9-10,12H,5,7H2,1-4H3. The topological polar surface area (TPSA) is 43.4 Å². The lowest BCUT2D eigenvalue weighted by Crippen LogP contribution is -2.29. The van der Waals surface area contributed by atoms with E-state index in [-0.39, 0.29) is 22.3 Å². The molecule has 3 unspecified atom stereocenters. The van der Waals surface area contributed by atoms with Gasteiger partial charge in [-0.3, -0.25) is 4.79 Å². The van der Waals surface area contributed by atoms with Crippen molar-refractivity contribution in [1.82, 2.24) is 0 Å². The highest BCUT2D eigenvalue weighted by molar-refractivity contribution is 8.14. The highest BCUT2D eigenvalue weighted by atomic mass is 32.2. The van der Waals surface area contributed by atoms with Gasteiger partial charge in [0.1, 0.15) is 5.60 Å². The molecule has 0 aliphatic heterocycles. The number of hydrogen-bond donors (Lipinski definition) is 0. The van der Waals surface area contributed by atoms with Gasteiger partial charge in [-0.2, -0.15) is 0 Å². The fourth-order valence-electron chi connectivity index (χ4n) is 2.78. The van der Waals surface area contributed by atoms with E-state index in [4.69, 9.17) is 4.74 Å². The van der Waals surface area contributed by atoms with Crippen LogP contribution in [0, 0.1) is 11.8 Å². The second-order valence-corrected chi connectivity index (χ2v) is 7.53. The number of rotatable bonds is 2. The predicted molar refractivity (Wildman–Crippen MR) is 72.2 cm³/mol. The molecule has 0 aromatic carbocycles. The van der Waals surface area contributed by atoms with Gasteiger partial charge in [-0.15, -0.1) is 0 Å². The van der Waals surface area contributed by atoms with E-state index in [0.717, 1.165) is 18.4 Å². The maximum absolute atomic E-state index is 12.1. The average Bonchev–Trinajstić information content (AvgIpc) is 2.72. The Labute approximate surface area is 112 Å². The van der Waals surface area contributed by atoms with E-state index in [2.05, 4.69) is 6.08 Å². The van der Waals surface area contributed by atoms with Crippen molar-refractivity contribution in [3.8, 4) is 0 Å². The van der Waals surface area contributed by atoms with Crippen LogP contribution in [0.25, 0.3) is 0 Å². The summed E-state index contributed by atoms with van der Waals surface area (Å²) in [5.74, 6) is 0.456. The number of carbonyl (C=O) groups excluding carboxylic acids is 2. The van der Waals surface area contributed by atoms with Crippen molar-refractivity contribution >= 4 is 22.8 Å². The van der Waals surface area contributed by atoms with Crippen molar-refractivity contribution in [2.75, 3.05) is 0 Å². The Kier molecular flexibility index (Phi) is 3.58. The average molecular weight is 268 g/mol. The molecule has 0 saturated heterocycles. The van der Waals surface area contributed by atoms with Gasteiger partial charge in [0.2, 0.25) is 0 Å². The van der Waals surface area contributed by atoms with Crippen LogP contribution in [0.4, 0.5) is 0 Å². The fraction of sp³-hybridized carbons (Fsp3) is 0.714. The zero-order valence-corrected chi connectivity index (χ0v) is 12.2. The molecule has 0 aromatic rings. The first-order valence-electron chi connectivity index (χ1n) is 6.38. The molecule has 1 saturated carbocycles. The quantitative estimate of drug-likeness (QED) is 0.722. The van der Waals surface area contributed by atoms with Gasteiger partial charge in [0, 0.05) is 23.7 Å². The summed E-state index contributed by atoms with van der Waals surface area (Å²) in [4.78, 5) is 23.3. The summed E-state index contributed by atoms with van der Waals surface area (Å²) in [7, 11) is 0. The maximum atomic E-state index is 12.1. The molecule has 2 aliphatic rings. The number of allylic oxidation sites excluding steroid dienone is 1. The van der Waals surface area contributed by atoms with Crippen LogP contribution < -0.4 is 0 Å². The highest BCUT2D eigenvalue weighted by Crippen LogP contribution is 2.49. The van der Waals surface area contributed by atoms with E-state index >= 15 is 0 Å². The lowest BCUT2D eigenvalue weighted by molar-refractivity contribution is -0.150. The third kappa shape index (κ3) is 2.97.